The molecule has 0 atom stereocenters. The van der Waals surface area contributed by atoms with Crippen LogP contribution < -0.4 is 0 Å². The lowest BCUT2D eigenvalue weighted by Gasteiger charge is -2.31. The van der Waals surface area contributed by atoms with Gasteiger partial charge >= 0.3 is 0 Å². The van der Waals surface area contributed by atoms with Crippen molar-refractivity contribution in [2.45, 2.75) is 25.3 Å². The molecule has 25 heavy (non-hydrogen) atoms. The average molecular weight is 331 g/mol. The Morgan fingerprint density at radius 2 is 1.92 bits per heavy atom. The second-order valence-corrected chi connectivity index (χ2v) is 6.93. The molecule has 0 saturated carbocycles. The summed E-state index contributed by atoms with van der Waals surface area (Å²) in [7, 11) is 0. The first kappa shape index (κ1) is 14.7. The maximum absolute atomic E-state index is 4.66. The van der Waals surface area contributed by atoms with Gasteiger partial charge in [-0.05, 0) is 37.6 Å². The number of hydrogen-bond acceptors (Lipinski definition) is 3. The molecule has 126 valence electrons. The number of likely N-dealkylation sites (tertiary alicyclic amines) is 1. The third-order valence-electron chi connectivity index (χ3n) is 5.36. The van der Waals surface area contributed by atoms with E-state index in [1.165, 1.54) is 22.0 Å². The number of aromatic nitrogens is 4. The van der Waals surface area contributed by atoms with E-state index in [-0.39, 0.29) is 0 Å². The number of piperidine rings is 1. The van der Waals surface area contributed by atoms with Gasteiger partial charge in [0, 0.05) is 29.4 Å². The molecule has 5 rings (SSSR count). The number of benzene rings is 1. The zero-order valence-electron chi connectivity index (χ0n) is 14.1. The minimum atomic E-state index is 0.515. The van der Waals surface area contributed by atoms with Gasteiger partial charge in [0.2, 0.25) is 0 Å². The van der Waals surface area contributed by atoms with Crippen LogP contribution in [0.4, 0.5) is 0 Å². The Bertz CT molecular complexity index is 993. The SMILES string of the molecule is c1ccc(CN2CCC(c3n[nH]c4cnc5[nH]ccc5c34)CC2)cc1. The molecule has 4 heterocycles. The topological polar surface area (TPSA) is 60.6 Å². The van der Waals surface area contributed by atoms with Crippen molar-refractivity contribution in [3.63, 3.8) is 0 Å². The maximum atomic E-state index is 4.66. The lowest BCUT2D eigenvalue weighted by Crippen LogP contribution is -2.32. The molecule has 3 aromatic heterocycles. The fraction of sp³-hybridized carbons (Fsp3) is 0.300. The van der Waals surface area contributed by atoms with Crippen LogP contribution in [0.15, 0.2) is 48.8 Å². The van der Waals surface area contributed by atoms with Crippen LogP contribution in [-0.2, 0) is 6.54 Å². The van der Waals surface area contributed by atoms with Crippen LogP contribution in [-0.4, -0.2) is 38.2 Å². The van der Waals surface area contributed by atoms with Crippen molar-refractivity contribution in [1.29, 1.82) is 0 Å². The number of nitrogens with one attached hydrogen (secondary N) is 2. The van der Waals surface area contributed by atoms with Crippen LogP contribution in [0, 0.1) is 0 Å². The van der Waals surface area contributed by atoms with Gasteiger partial charge in [-0.15, -0.1) is 0 Å². The summed E-state index contributed by atoms with van der Waals surface area (Å²) in [6.07, 6.45) is 6.15. The van der Waals surface area contributed by atoms with E-state index in [0.717, 1.165) is 43.6 Å². The highest BCUT2D eigenvalue weighted by atomic mass is 15.1. The van der Waals surface area contributed by atoms with E-state index in [1.807, 2.05) is 12.4 Å². The maximum Gasteiger partial charge on any atom is 0.138 e. The van der Waals surface area contributed by atoms with E-state index in [9.17, 15) is 0 Å². The largest absolute Gasteiger partial charge is 0.346 e. The van der Waals surface area contributed by atoms with Gasteiger partial charge in [-0.25, -0.2) is 4.98 Å². The van der Waals surface area contributed by atoms with E-state index in [1.54, 1.807) is 0 Å². The van der Waals surface area contributed by atoms with E-state index in [0.29, 0.717) is 5.92 Å². The summed E-state index contributed by atoms with van der Waals surface area (Å²) < 4.78 is 0. The Morgan fingerprint density at radius 1 is 1.08 bits per heavy atom. The molecule has 0 unspecified atom stereocenters. The predicted octanol–water partition coefficient (Wildman–Crippen LogP) is 3.82. The molecule has 1 fully saturated rings. The van der Waals surface area contributed by atoms with Crippen molar-refractivity contribution in [2.24, 2.45) is 0 Å². The van der Waals surface area contributed by atoms with Crippen LogP contribution in [0.2, 0.25) is 0 Å². The van der Waals surface area contributed by atoms with Crippen molar-refractivity contribution in [3.8, 4) is 0 Å². The second-order valence-electron chi connectivity index (χ2n) is 6.93. The van der Waals surface area contributed by atoms with Crippen LogP contribution in [0.5, 0.6) is 0 Å². The third-order valence-corrected chi connectivity index (χ3v) is 5.36. The van der Waals surface area contributed by atoms with E-state index in [4.69, 9.17) is 0 Å². The van der Waals surface area contributed by atoms with Crippen molar-refractivity contribution in [1.82, 2.24) is 25.1 Å². The molecule has 0 amide bonds. The number of hydrogen-bond donors (Lipinski definition) is 2. The molecule has 5 nitrogen and oxygen atoms in total. The molecule has 1 aliphatic rings. The molecule has 0 aliphatic carbocycles. The van der Waals surface area contributed by atoms with E-state index in [2.05, 4.69) is 61.5 Å². The molecule has 2 N–H and O–H groups in total. The fourth-order valence-corrected chi connectivity index (χ4v) is 4.05. The fourth-order valence-electron chi connectivity index (χ4n) is 4.05. The Morgan fingerprint density at radius 3 is 2.76 bits per heavy atom. The zero-order chi connectivity index (χ0) is 16.6. The lowest BCUT2D eigenvalue weighted by atomic mass is 9.91. The summed E-state index contributed by atoms with van der Waals surface area (Å²) in [5.74, 6) is 0.515. The number of rotatable bonds is 3. The first-order valence-electron chi connectivity index (χ1n) is 8.95. The Balaban J connectivity index is 1.37. The summed E-state index contributed by atoms with van der Waals surface area (Å²) in [5.41, 5.74) is 4.58. The first-order chi connectivity index (χ1) is 12.4. The monoisotopic (exact) mass is 331 g/mol. The summed E-state index contributed by atoms with van der Waals surface area (Å²) in [6, 6.07) is 12.8. The molecule has 4 aromatic rings. The molecule has 5 heteroatoms. The van der Waals surface area contributed by atoms with Crippen molar-refractivity contribution in [2.75, 3.05) is 13.1 Å². The minimum absolute atomic E-state index is 0.515. The molecular formula is C20H21N5. The zero-order valence-corrected chi connectivity index (χ0v) is 14.1. The van der Waals surface area contributed by atoms with Crippen LogP contribution >= 0.6 is 0 Å². The molecular weight excluding hydrogens is 310 g/mol. The van der Waals surface area contributed by atoms with E-state index < -0.39 is 0 Å². The Hall–Kier alpha value is -2.66. The van der Waals surface area contributed by atoms with Gasteiger partial charge in [0.1, 0.15) is 5.65 Å². The van der Waals surface area contributed by atoms with Crippen LogP contribution in [0.3, 0.4) is 0 Å². The highest BCUT2D eigenvalue weighted by Crippen LogP contribution is 2.34. The summed E-state index contributed by atoms with van der Waals surface area (Å²) in [4.78, 5) is 10.2. The molecule has 0 spiro atoms. The minimum Gasteiger partial charge on any atom is -0.346 e. The molecule has 0 radical (unpaired) electrons. The van der Waals surface area contributed by atoms with Crippen molar-refractivity contribution < 1.29 is 0 Å². The molecule has 0 bridgehead atoms. The van der Waals surface area contributed by atoms with E-state index >= 15 is 0 Å². The lowest BCUT2D eigenvalue weighted by molar-refractivity contribution is 0.203. The highest BCUT2D eigenvalue weighted by Gasteiger charge is 2.25. The van der Waals surface area contributed by atoms with Gasteiger partial charge in [0.15, 0.2) is 0 Å². The third kappa shape index (κ3) is 2.61. The second kappa shape index (κ2) is 6.01. The normalized spacial score (nSPS) is 16.8. The summed E-state index contributed by atoms with van der Waals surface area (Å²) >= 11 is 0. The number of H-pyrrole nitrogens is 2. The van der Waals surface area contributed by atoms with Gasteiger partial charge in [-0.3, -0.25) is 10.00 Å². The van der Waals surface area contributed by atoms with Crippen molar-refractivity contribution in [3.05, 3.63) is 60.0 Å². The Labute approximate surface area is 146 Å². The molecule has 1 aromatic carbocycles. The molecule has 1 aliphatic heterocycles. The molecule has 1 saturated heterocycles. The highest BCUT2D eigenvalue weighted by molar-refractivity contribution is 6.04. The van der Waals surface area contributed by atoms with Gasteiger partial charge in [-0.2, -0.15) is 5.10 Å². The average Bonchev–Trinajstić information content (AvgIpc) is 3.29. The predicted molar refractivity (Wildman–Crippen MR) is 99.4 cm³/mol. The van der Waals surface area contributed by atoms with Gasteiger partial charge < -0.3 is 4.98 Å². The number of aromatic amines is 2. The number of fused-ring (bicyclic) bond motifs is 3. The number of nitrogens with zero attached hydrogens (tertiary/aromatic N) is 3. The van der Waals surface area contributed by atoms with Gasteiger partial charge in [0.25, 0.3) is 0 Å². The summed E-state index contributed by atoms with van der Waals surface area (Å²) in [6.45, 7) is 3.28. The van der Waals surface area contributed by atoms with Crippen LogP contribution in [0.1, 0.15) is 30.0 Å². The first-order valence-corrected chi connectivity index (χ1v) is 8.95. The quantitative estimate of drug-likeness (QED) is 0.600. The standard InChI is InChI=1S/C20H21N5/c1-2-4-14(5-3-1)13-25-10-7-15(8-11-25)19-18-16-6-9-21-20(16)22-12-17(18)23-24-19/h1-6,9,12,15H,7-8,10-11,13H2,(H,21,22)(H,23,24). The Kier molecular flexibility index (Phi) is 3.52. The van der Waals surface area contributed by atoms with Crippen LogP contribution in [0.25, 0.3) is 21.9 Å². The van der Waals surface area contributed by atoms with Gasteiger partial charge in [0.05, 0.1) is 17.4 Å². The number of pyridine rings is 1. The van der Waals surface area contributed by atoms with Gasteiger partial charge in [-0.1, -0.05) is 30.3 Å². The smallest absolute Gasteiger partial charge is 0.138 e. The summed E-state index contributed by atoms with van der Waals surface area (Å²) in [5, 5.41) is 10.3. The van der Waals surface area contributed by atoms with Crippen molar-refractivity contribution >= 4 is 21.9 Å².